The van der Waals surface area contributed by atoms with E-state index in [9.17, 15) is 26.4 Å². The predicted octanol–water partition coefficient (Wildman–Crippen LogP) is 3.84. The Balaban J connectivity index is 1.85. The molecule has 0 heterocycles. The summed E-state index contributed by atoms with van der Waals surface area (Å²) in [7, 11) is -3.97. The molecule has 0 amide bonds. The summed E-state index contributed by atoms with van der Waals surface area (Å²) in [4.78, 5) is 12.4. The third kappa shape index (κ3) is 2.94. The summed E-state index contributed by atoms with van der Waals surface area (Å²) in [5.41, 5.74) is -2.45. The molecule has 3 rings (SSSR count). The molecule has 0 spiro atoms. The minimum atomic E-state index is -4.55. The lowest BCUT2D eigenvalue weighted by atomic mass is 9.70. The number of fused-ring (bicyclic) bond motifs is 2. The second-order valence-electron chi connectivity index (χ2n) is 7.61. The van der Waals surface area contributed by atoms with Crippen LogP contribution in [0.2, 0.25) is 0 Å². The molecule has 1 aromatic rings. The van der Waals surface area contributed by atoms with Crippen LogP contribution in [-0.2, 0) is 21.0 Å². The number of carbonyl (C=O) groups is 1. The molecule has 2 fully saturated rings. The van der Waals surface area contributed by atoms with Crippen LogP contribution in [0.4, 0.5) is 18.9 Å². The SMILES string of the molecule is CC1(C)[C@@H]2CC[C@]1(CS(=O)(=O)Nc1cccc(C(F)(F)F)c1)C(=O)C2. The topological polar surface area (TPSA) is 63.2 Å². The van der Waals surface area contributed by atoms with Crippen LogP contribution in [0.25, 0.3) is 0 Å². The first-order chi connectivity index (χ1) is 11.4. The molecule has 0 aliphatic heterocycles. The number of nitrogens with one attached hydrogen (secondary N) is 1. The van der Waals surface area contributed by atoms with E-state index in [0.29, 0.717) is 12.8 Å². The first kappa shape index (κ1) is 18.2. The van der Waals surface area contributed by atoms with Crippen molar-refractivity contribution in [2.24, 2.45) is 16.7 Å². The molecule has 25 heavy (non-hydrogen) atoms. The first-order valence-electron chi connectivity index (χ1n) is 8.08. The number of Topliss-reactive ketones (excluding diaryl/α,β-unsaturated/α-hetero) is 1. The molecule has 0 saturated heterocycles. The Bertz CT molecular complexity index is 817. The molecular weight excluding hydrogens is 355 g/mol. The molecule has 0 aromatic heterocycles. The Kier molecular flexibility index (Phi) is 3.98. The van der Waals surface area contributed by atoms with Gasteiger partial charge in [-0.05, 0) is 42.4 Å². The summed E-state index contributed by atoms with van der Waals surface area (Å²) in [6.45, 7) is 3.82. The maximum atomic E-state index is 12.8. The van der Waals surface area contributed by atoms with Crippen LogP contribution in [0.1, 0.15) is 38.7 Å². The van der Waals surface area contributed by atoms with Crippen LogP contribution in [0, 0.1) is 16.7 Å². The number of benzene rings is 1. The van der Waals surface area contributed by atoms with Gasteiger partial charge >= 0.3 is 6.18 Å². The van der Waals surface area contributed by atoms with Gasteiger partial charge in [0.25, 0.3) is 0 Å². The largest absolute Gasteiger partial charge is 0.416 e. The highest BCUT2D eigenvalue weighted by molar-refractivity contribution is 7.92. The highest BCUT2D eigenvalue weighted by Gasteiger charge is 2.65. The maximum absolute atomic E-state index is 12.8. The normalized spacial score (nSPS) is 28.4. The van der Waals surface area contributed by atoms with E-state index in [4.69, 9.17) is 0 Å². The zero-order valence-electron chi connectivity index (χ0n) is 14.0. The molecule has 2 bridgehead atoms. The van der Waals surface area contributed by atoms with Crippen molar-refractivity contribution in [1.29, 1.82) is 0 Å². The van der Waals surface area contributed by atoms with Crippen molar-refractivity contribution in [2.45, 2.75) is 39.3 Å². The van der Waals surface area contributed by atoms with Gasteiger partial charge in [0, 0.05) is 12.1 Å². The maximum Gasteiger partial charge on any atom is 0.416 e. The number of ketones is 1. The van der Waals surface area contributed by atoms with E-state index in [1.807, 2.05) is 13.8 Å². The number of halogens is 3. The third-order valence-electron chi connectivity index (χ3n) is 6.04. The van der Waals surface area contributed by atoms with Crippen molar-refractivity contribution in [2.75, 3.05) is 10.5 Å². The minimum absolute atomic E-state index is 0.0526. The third-order valence-corrected chi connectivity index (χ3v) is 7.46. The summed E-state index contributed by atoms with van der Waals surface area (Å²) >= 11 is 0. The van der Waals surface area contributed by atoms with Crippen LogP contribution >= 0.6 is 0 Å². The van der Waals surface area contributed by atoms with Gasteiger partial charge in [-0.1, -0.05) is 19.9 Å². The summed E-state index contributed by atoms with van der Waals surface area (Å²) < 4.78 is 65.7. The average Bonchev–Trinajstić information content (AvgIpc) is 2.79. The lowest BCUT2D eigenvalue weighted by molar-refractivity contribution is -0.137. The number of rotatable bonds is 4. The van der Waals surface area contributed by atoms with Crippen LogP contribution in [0.3, 0.4) is 0 Å². The highest BCUT2D eigenvalue weighted by atomic mass is 32.2. The molecule has 0 radical (unpaired) electrons. The Labute approximate surface area is 144 Å². The molecule has 138 valence electrons. The van der Waals surface area contributed by atoms with Gasteiger partial charge in [-0.2, -0.15) is 13.2 Å². The van der Waals surface area contributed by atoms with E-state index in [0.717, 1.165) is 24.6 Å². The standard InChI is InChI=1S/C17H20F3NO3S/c1-15(2)11-6-7-16(15,14(22)9-11)10-25(23,24)21-13-5-3-4-12(8-13)17(18,19)20/h3-5,8,11,21H,6-7,9-10H2,1-2H3/t11-,16+/m1/s1. The zero-order valence-corrected chi connectivity index (χ0v) is 14.8. The lowest BCUT2D eigenvalue weighted by Gasteiger charge is -2.36. The number of carbonyl (C=O) groups excluding carboxylic acids is 1. The molecular formula is C17H20F3NO3S. The quantitative estimate of drug-likeness (QED) is 0.870. The van der Waals surface area contributed by atoms with Crippen molar-refractivity contribution < 1.29 is 26.4 Å². The molecule has 8 heteroatoms. The Morgan fingerprint density at radius 2 is 1.96 bits per heavy atom. The van der Waals surface area contributed by atoms with Gasteiger partial charge < -0.3 is 0 Å². The Hall–Kier alpha value is -1.57. The molecule has 1 aromatic carbocycles. The fourth-order valence-electron chi connectivity index (χ4n) is 4.41. The molecule has 2 aliphatic rings. The summed E-state index contributed by atoms with van der Waals surface area (Å²) in [5, 5.41) is 0. The van der Waals surface area contributed by atoms with Crippen LogP contribution < -0.4 is 4.72 Å². The van der Waals surface area contributed by atoms with Crippen LogP contribution in [0.15, 0.2) is 24.3 Å². The molecule has 2 aliphatic carbocycles. The second kappa shape index (κ2) is 5.46. The highest BCUT2D eigenvalue weighted by Crippen LogP contribution is 2.64. The number of hydrogen-bond donors (Lipinski definition) is 1. The van der Waals surface area contributed by atoms with E-state index >= 15 is 0 Å². The molecule has 2 atom stereocenters. The number of hydrogen-bond acceptors (Lipinski definition) is 3. The smallest absolute Gasteiger partial charge is 0.299 e. The van der Waals surface area contributed by atoms with Gasteiger partial charge in [-0.25, -0.2) is 8.42 Å². The summed E-state index contributed by atoms with van der Waals surface area (Å²) in [6.07, 6.45) is -2.86. The fraction of sp³-hybridized carbons (Fsp3) is 0.588. The lowest BCUT2D eigenvalue weighted by Crippen LogP contribution is -2.43. The molecule has 4 nitrogen and oxygen atoms in total. The van der Waals surface area contributed by atoms with Crippen molar-refractivity contribution in [3.63, 3.8) is 0 Å². The van der Waals surface area contributed by atoms with Gasteiger partial charge in [-0.15, -0.1) is 0 Å². The zero-order chi connectivity index (χ0) is 18.7. The summed E-state index contributed by atoms with van der Waals surface area (Å²) in [5.74, 6) is -0.273. The van der Waals surface area contributed by atoms with Crippen molar-refractivity contribution in [3.05, 3.63) is 29.8 Å². The molecule has 0 unspecified atom stereocenters. The first-order valence-corrected chi connectivity index (χ1v) is 9.74. The monoisotopic (exact) mass is 375 g/mol. The fourth-order valence-corrected chi connectivity index (χ4v) is 6.29. The number of anilines is 1. The van der Waals surface area contributed by atoms with Gasteiger partial charge in [0.2, 0.25) is 10.0 Å². The minimum Gasteiger partial charge on any atom is -0.299 e. The van der Waals surface area contributed by atoms with Crippen molar-refractivity contribution in [1.82, 2.24) is 0 Å². The van der Waals surface area contributed by atoms with Crippen molar-refractivity contribution >= 4 is 21.5 Å². The molecule has 1 N–H and O–H groups in total. The Morgan fingerprint density at radius 1 is 1.28 bits per heavy atom. The summed E-state index contributed by atoms with van der Waals surface area (Å²) in [6, 6.07) is 4.05. The van der Waals surface area contributed by atoms with E-state index in [-0.39, 0.29) is 17.4 Å². The van der Waals surface area contributed by atoms with Gasteiger partial charge in [0.1, 0.15) is 5.78 Å². The molecule has 2 saturated carbocycles. The second-order valence-corrected chi connectivity index (χ2v) is 9.33. The Morgan fingerprint density at radius 3 is 2.48 bits per heavy atom. The van der Waals surface area contributed by atoms with E-state index in [1.165, 1.54) is 6.07 Å². The van der Waals surface area contributed by atoms with Gasteiger partial charge in [0.15, 0.2) is 0 Å². The van der Waals surface area contributed by atoms with E-state index in [2.05, 4.69) is 4.72 Å². The van der Waals surface area contributed by atoms with Crippen LogP contribution in [-0.4, -0.2) is 20.0 Å². The van der Waals surface area contributed by atoms with Gasteiger partial charge in [-0.3, -0.25) is 9.52 Å². The predicted molar refractivity (Wildman–Crippen MR) is 87.4 cm³/mol. The van der Waals surface area contributed by atoms with E-state index in [1.54, 1.807) is 0 Å². The van der Waals surface area contributed by atoms with Crippen LogP contribution in [0.5, 0.6) is 0 Å². The van der Waals surface area contributed by atoms with E-state index < -0.39 is 38.3 Å². The van der Waals surface area contributed by atoms with Gasteiger partial charge in [0.05, 0.1) is 16.7 Å². The number of sulfonamides is 1. The number of alkyl halides is 3. The van der Waals surface area contributed by atoms with Crippen molar-refractivity contribution in [3.8, 4) is 0 Å². The average molecular weight is 375 g/mol.